The number of aromatic nitrogens is 1. The van der Waals surface area contributed by atoms with E-state index in [9.17, 15) is 13.2 Å². The molecule has 0 bridgehead atoms. The molecule has 1 aromatic heterocycles. The Kier molecular flexibility index (Phi) is 9.45. The van der Waals surface area contributed by atoms with Gasteiger partial charge in [-0.05, 0) is 65.8 Å². The maximum Gasteiger partial charge on any atom is 0.267 e. The highest BCUT2D eigenvalue weighted by molar-refractivity contribution is 7.90. The lowest BCUT2D eigenvalue weighted by Gasteiger charge is -2.26. The lowest BCUT2D eigenvalue weighted by atomic mass is 10.0. The zero-order chi connectivity index (χ0) is 27.8. The van der Waals surface area contributed by atoms with E-state index in [2.05, 4.69) is 22.5 Å². The molecular formula is C30H35N3O6S. The molecule has 1 unspecified atom stereocenters. The molecule has 40 heavy (non-hydrogen) atoms. The zero-order valence-electron chi connectivity index (χ0n) is 22.4. The van der Waals surface area contributed by atoms with Crippen LogP contribution in [0.3, 0.4) is 0 Å². The first-order valence-corrected chi connectivity index (χ1v) is 15.1. The summed E-state index contributed by atoms with van der Waals surface area (Å²) in [5.74, 6) is -0.454. The monoisotopic (exact) mass is 565 g/mol. The van der Waals surface area contributed by atoms with Crippen LogP contribution in [-0.4, -0.2) is 68.9 Å². The van der Waals surface area contributed by atoms with Crippen LogP contribution in [0.5, 0.6) is 0 Å². The highest BCUT2D eigenvalue weighted by Crippen LogP contribution is 2.25. The molecule has 10 heteroatoms. The van der Waals surface area contributed by atoms with Gasteiger partial charge >= 0.3 is 0 Å². The third-order valence-corrected chi connectivity index (χ3v) is 8.67. The number of nitrogens with one attached hydrogen (secondary N) is 1. The molecule has 2 aliphatic rings. The Morgan fingerprint density at radius 3 is 2.62 bits per heavy atom. The number of rotatable bonds is 10. The molecule has 9 nitrogen and oxygen atoms in total. The molecule has 5 rings (SSSR count). The minimum atomic E-state index is -3.82. The summed E-state index contributed by atoms with van der Waals surface area (Å²) in [5, 5.41) is 0. The van der Waals surface area contributed by atoms with Gasteiger partial charge in [0, 0.05) is 51.1 Å². The Morgan fingerprint density at radius 2 is 1.82 bits per heavy atom. The first kappa shape index (κ1) is 28.3. The van der Waals surface area contributed by atoms with Crippen molar-refractivity contribution in [2.75, 3.05) is 39.5 Å². The molecule has 212 valence electrons. The first-order chi connectivity index (χ1) is 19.5. The molecule has 1 amide bonds. The third kappa shape index (κ3) is 7.47. The fourth-order valence-electron chi connectivity index (χ4n) is 4.75. The number of benzene rings is 2. The fourth-order valence-corrected chi connectivity index (χ4v) is 6.00. The van der Waals surface area contributed by atoms with Gasteiger partial charge in [-0.1, -0.05) is 36.4 Å². The maximum atomic E-state index is 13.4. The summed E-state index contributed by atoms with van der Waals surface area (Å²) in [5.41, 5.74) is 5.93. The Bertz CT molecular complexity index is 1420. The van der Waals surface area contributed by atoms with E-state index >= 15 is 0 Å². The van der Waals surface area contributed by atoms with Gasteiger partial charge in [-0.15, -0.1) is 0 Å². The Morgan fingerprint density at radius 1 is 1.02 bits per heavy atom. The van der Waals surface area contributed by atoms with Crippen LogP contribution in [0.15, 0.2) is 78.0 Å². The van der Waals surface area contributed by atoms with Crippen LogP contribution in [0.4, 0.5) is 0 Å². The maximum absolute atomic E-state index is 13.4. The summed E-state index contributed by atoms with van der Waals surface area (Å²) in [4.78, 5) is 19.9. The summed E-state index contributed by atoms with van der Waals surface area (Å²) < 4.78 is 38.8. The van der Waals surface area contributed by atoms with Gasteiger partial charge in [0.1, 0.15) is 0 Å². The number of carbonyl (C=O) groups excluding carboxylic acids is 1. The molecule has 1 N–H and O–H groups in total. The number of morpholine rings is 1. The van der Waals surface area contributed by atoms with E-state index in [4.69, 9.17) is 14.3 Å². The van der Waals surface area contributed by atoms with Gasteiger partial charge in [-0.3, -0.25) is 9.69 Å². The van der Waals surface area contributed by atoms with E-state index in [0.717, 1.165) is 73.6 Å². The number of hydroxylamine groups is 1. The van der Waals surface area contributed by atoms with E-state index in [0.29, 0.717) is 12.2 Å². The smallest absolute Gasteiger partial charge is 0.267 e. The summed E-state index contributed by atoms with van der Waals surface area (Å²) in [6.45, 7) is 5.04. The highest BCUT2D eigenvalue weighted by Gasteiger charge is 2.18. The molecule has 2 aromatic carbocycles. The van der Waals surface area contributed by atoms with E-state index < -0.39 is 22.2 Å². The van der Waals surface area contributed by atoms with Crippen LogP contribution >= 0.6 is 0 Å². The average Bonchev–Trinajstić information content (AvgIpc) is 3.49. The first-order valence-electron chi connectivity index (χ1n) is 13.7. The molecule has 2 saturated heterocycles. The number of hydrogen-bond donors (Lipinski definition) is 1. The highest BCUT2D eigenvalue weighted by atomic mass is 32.2. The van der Waals surface area contributed by atoms with E-state index in [1.165, 1.54) is 30.1 Å². The predicted molar refractivity (Wildman–Crippen MR) is 152 cm³/mol. The molecule has 3 aromatic rings. The molecule has 0 saturated carbocycles. The number of nitrogens with zero attached hydrogens (tertiary/aromatic N) is 2. The number of hydrogen-bond acceptors (Lipinski definition) is 7. The van der Waals surface area contributed by atoms with Gasteiger partial charge in [0.05, 0.1) is 18.1 Å². The third-order valence-electron chi connectivity index (χ3n) is 7.04. The average molecular weight is 566 g/mol. The van der Waals surface area contributed by atoms with Crippen molar-refractivity contribution in [2.24, 2.45) is 0 Å². The van der Waals surface area contributed by atoms with Crippen molar-refractivity contribution >= 4 is 22.0 Å². The summed E-state index contributed by atoms with van der Waals surface area (Å²) in [6, 6.07) is 16.8. The standard InChI is InChI=1S/C30H35N3O6S/c34-29(31-39-30-9-1-2-18-38-30)11-10-25-13-15-33(23-25)40(35,36)28-8-4-7-27(22-28)26-6-3-5-24(21-26)12-14-32-16-19-37-20-17-32/h3-8,10-11,13,15,21-23,30H,1-2,9,12,14,16-20H2,(H,31,34). The van der Waals surface area contributed by atoms with Gasteiger partial charge in [0.15, 0.2) is 6.29 Å². The normalized spacial score (nSPS) is 18.6. The quantitative estimate of drug-likeness (QED) is 0.295. The second-order valence-corrected chi connectivity index (χ2v) is 11.8. The topological polar surface area (TPSA) is 99.1 Å². The summed E-state index contributed by atoms with van der Waals surface area (Å²) >= 11 is 0. The second kappa shape index (κ2) is 13.4. The second-order valence-electron chi connectivity index (χ2n) is 9.93. The van der Waals surface area contributed by atoms with Crippen molar-refractivity contribution in [3.63, 3.8) is 0 Å². The van der Waals surface area contributed by atoms with Gasteiger partial charge in [0.25, 0.3) is 15.9 Å². The lowest BCUT2D eigenvalue weighted by molar-refractivity contribution is -0.198. The Hall–Kier alpha value is -3.28. The summed E-state index contributed by atoms with van der Waals surface area (Å²) in [7, 11) is -3.82. The van der Waals surface area contributed by atoms with Gasteiger partial charge in [0.2, 0.25) is 0 Å². The summed E-state index contributed by atoms with van der Waals surface area (Å²) in [6.07, 6.45) is 8.96. The van der Waals surface area contributed by atoms with Gasteiger partial charge in [-0.2, -0.15) is 0 Å². The minimum Gasteiger partial charge on any atom is -0.379 e. The van der Waals surface area contributed by atoms with Gasteiger partial charge in [-0.25, -0.2) is 22.7 Å². The van der Waals surface area contributed by atoms with Gasteiger partial charge < -0.3 is 9.47 Å². The largest absolute Gasteiger partial charge is 0.379 e. The van der Waals surface area contributed by atoms with Crippen LogP contribution in [-0.2, 0) is 35.5 Å². The van der Waals surface area contributed by atoms with Crippen LogP contribution < -0.4 is 5.48 Å². The Balaban J connectivity index is 1.23. The van der Waals surface area contributed by atoms with E-state index in [1.54, 1.807) is 24.3 Å². The van der Waals surface area contributed by atoms with Crippen molar-refractivity contribution in [2.45, 2.75) is 36.9 Å². The number of ether oxygens (including phenoxy) is 2. The molecule has 3 heterocycles. The molecular weight excluding hydrogens is 530 g/mol. The van der Waals surface area contributed by atoms with Crippen LogP contribution in [0.25, 0.3) is 17.2 Å². The molecule has 2 aliphatic heterocycles. The van der Waals surface area contributed by atoms with Crippen molar-refractivity contribution in [1.82, 2.24) is 14.4 Å². The van der Waals surface area contributed by atoms with Crippen molar-refractivity contribution in [3.05, 3.63) is 84.2 Å². The SMILES string of the molecule is O=C(C=Cc1ccn(S(=O)(=O)c2cccc(-c3cccc(CCN4CCOCC4)c3)c2)c1)NOC1CCCCO1. The van der Waals surface area contributed by atoms with E-state index in [-0.39, 0.29) is 4.90 Å². The van der Waals surface area contributed by atoms with Crippen LogP contribution in [0.1, 0.15) is 30.4 Å². The Labute approximate surface area is 235 Å². The molecule has 0 spiro atoms. The number of amides is 1. The van der Waals surface area contributed by atoms with Crippen LogP contribution in [0.2, 0.25) is 0 Å². The molecule has 1 atom stereocenters. The molecule has 0 aliphatic carbocycles. The van der Waals surface area contributed by atoms with Crippen molar-refractivity contribution in [1.29, 1.82) is 0 Å². The van der Waals surface area contributed by atoms with Crippen molar-refractivity contribution < 1.29 is 27.5 Å². The fraction of sp³-hybridized carbons (Fsp3) is 0.367. The zero-order valence-corrected chi connectivity index (χ0v) is 23.2. The van der Waals surface area contributed by atoms with E-state index in [1.807, 2.05) is 18.2 Å². The van der Waals surface area contributed by atoms with Crippen LogP contribution in [0, 0.1) is 0 Å². The molecule has 2 fully saturated rings. The lowest BCUT2D eigenvalue weighted by Crippen LogP contribution is -2.37. The number of carbonyl (C=O) groups is 1. The molecule has 0 radical (unpaired) electrons. The van der Waals surface area contributed by atoms with Crippen molar-refractivity contribution in [3.8, 4) is 11.1 Å². The predicted octanol–water partition coefficient (Wildman–Crippen LogP) is 3.85. The minimum absolute atomic E-state index is 0.188.